The van der Waals surface area contributed by atoms with Crippen molar-refractivity contribution < 1.29 is 0 Å². The number of pyridine rings is 1. The van der Waals surface area contributed by atoms with Gasteiger partial charge in [0.15, 0.2) is 0 Å². The van der Waals surface area contributed by atoms with E-state index in [1.807, 2.05) is 18.2 Å². The van der Waals surface area contributed by atoms with Gasteiger partial charge in [-0.05, 0) is 36.5 Å². The minimum atomic E-state index is 0.334. The third-order valence-electron chi connectivity index (χ3n) is 3.05. The van der Waals surface area contributed by atoms with Crippen LogP contribution in [0.25, 0.3) is 10.4 Å². The number of likely N-dealkylation sites (tertiary alicyclic amines) is 1. The Hall–Kier alpha value is -1.58. The fourth-order valence-electron chi connectivity index (χ4n) is 2.21. The molecule has 17 heavy (non-hydrogen) atoms. The van der Waals surface area contributed by atoms with Crippen molar-refractivity contribution in [3.63, 3.8) is 0 Å². The maximum atomic E-state index is 8.28. The molecule has 0 saturated carbocycles. The van der Waals surface area contributed by atoms with Crippen LogP contribution in [-0.4, -0.2) is 23.0 Å². The Morgan fingerprint density at radius 1 is 1.53 bits per heavy atom. The van der Waals surface area contributed by atoms with Crippen molar-refractivity contribution in [2.75, 3.05) is 13.1 Å². The highest BCUT2D eigenvalue weighted by molar-refractivity contribution is 5.11. The topological polar surface area (TPSA) is 64.9 Å². The quantitative estimate of drug-likeness (QED) is 0.454. The molecule has 1 aliphatic heterocycles. The van der Waals surface area contributed by atoms with E-state index < -0.39 is 0 Å². The molecule has 2 rings (SSSR count). The first kappa shape index (κ1) is 11.9. The summed E-state index contributed by atoms with van der Waals surface area (Å²) < 4.78 is 0. The summed E-state index contributed by atoms with van der Waals surface area (Å²) in [5.41, 5.74) is 10.2. The minimum absolute atomic E-state index is 0.334. The average molecular weight is 231 g/mol. The number of azide groups is 1. The van der Waals surface area contributed by atoms with Crippen molar-refractivity contribution in [3.8, 4) is 0 Å². The number of hydrogen-bond acceptors (Lipinski definition) is 3. The summed E-state index contributed by atoms with van der Waals surface area (Å²) in [6.45, 7) is 5.83. The summed E-state index contributed by atoms with van der Waals surface area (Å²) in [5.74, 6) is 0.793. The molecule has 1 fully saturated rings. The standard InChI is InChI=1S/C12H17N5/c1-10-5-6-17(8-10)9-12-4-2-3-11(15-12)7-14-16-13/h2-4,10H,5-9H2,1H3. The molecule has 0 radical (unpaired) electrons. The van der Waals surface area contributed by atoms with Gasteiger partial charge in [-0.25, -0.2) is 0 Å². The van der Waals surface area contributed by atoms with E-state index in [1.165, 1.54) is 6.42 Å². The van der Waals surface area contributed by atoms with Crippen molar-refractivity contribution in [2.45, 2.75) is 26.4 Å². The van der Waals surface area contributed by atoms with Gasteiger partial charge in [0.25, 0.3) is 0 Å². The zero-order valence-electron chi connectivity index (χ0n) is 10.1. The molecule has 5 nitrogen and oxygen atoms in total. The molecule has 5 heteroatoms. The highest BCUT2D eigenvalue weighted by Gasteiger charge is 2.18. The highest BCUT2D eigenvalue weighted by Crippen LogP contribution is 2.17. The number of rotatable bonds is 4. The molecule has 90 valence electrons. The average Bonchev–Trinajstić information content (AvgIpc) is 2.73. The summed E-state index contributed by atoms with van der Waals surface area (Å²) in [4.78, 5) is 9.66. The van der Waals surface area contributed by atoms with Crippen LogP contribution in [0.3, 0.4) is 0 Å². The Morgan fingerprint density at radius 2 is 2.35 bits per heavy atom. The molecule has 0 bridgehead atoms. The maximum Gasteiger partial charge on any atom is 0.0684 e. The van der Waals surface area contributed by atoms with Crippen molar-refractivity contribution >= 4 is 0 Å². The van der Waals surface area contributed by atoms with Crippen LogP contribution in [-0.2, 0) is 13.1 Å². The van der Waals surface area contributed by atoms with Crippen molar-refractivity contribution in [2.24, 2.45) is 11.0 Å². The van der Waals surface area contributed by atoms with E-state index in [0.717, 1.165) is 36.9 Å². The van der Waals surface area contributed by atoms with E-state index in [4.69, 9.17) is 5.53 Å². The van der Waals surface area contributed by atoms with Crippen molar-refractivity contribution in [1.29, 1.82) is 0 Å². The molecule has 1 unspecified atom stereocenters. The molecule has 1 saturated heterocycles. The predicted octanol–water partition coefficient (Wildman–Crippen LogP) is 2.73. The number of hydrogen-bond donors (Lipinski definition) is 0. The van der Waals surface area contributed by atoms with Gasteiger partial charge in [-0.2, -0.15) is 0 Å². The molecule has 0 amide bonds. The fraction of sp³-hybridized carbons (Fsp3) is 0.583. The maximum absolute atomic E-state index is 8.28. The van der Waals surface area contributed by atoms with Gasteiger partial charge in [0.1, 0.15) is 0 Å². The van der Waals surface area contributed by atoms with Crippen LogP contribution in [0, 0.1) is 5.92 Å². The molecule has 2 heterocycles. The Kier molecular flexibility index (Phi) is 3.96. The number of nitrogens with zero attached hydrogens (tertiary/aromatic N) is 5. The molecule has 0 aliphatic carbocycles. The van der Waals surface area contributed by atoms with E-state index in [2.05, 4.69) is 26.8 Å². The van der Waals surface area contributed by atoms with Gasteiger partial charge in [0.05, 0.1) is 12.2 Å². The van der Waals surface area contributed by atoms with E-state index >= 15 is 0 Å². The molecule has 1 atom stereocenters. The van der Waals surface area contributed by atoms with Crippen LogP contribution in [0.4, 0.5) is 0 Å². The van der Waals surface area contributed by atoms with Crippen molar-refractivity contribution in [1.82, 2.24) is 9.88 Å². The summed E-state index contributed by atoms with van der Waals surface area (Å²) >= 11 is 0. The Bertz CT molecular complexity index is 425. The zero-order chi connectivity index (χ0) is 12.1. The van der Waals surface area contributed by atoms with Gasteiger partial charge in [-0.3, -0.25) is 9.88 Å². The Balaban J connectivity index is 1.98. The lowest BCUT2D eigenvalue weighted by Crippen LogP contribution is -2.20. The third kappa shape index (κ3) is 3.44. The van der Waals surface area contributed by atoms with Crippen LogP contribution >= 0.6 is 0 Å². The second-order valence-corrected chi connectivity index (χ2v) is 4.64. The van der Waals surface area contributed by atoms with Crippen LogP contribution in [0.2, 0.25) is 0 Å². The van der Waals surface area contributed by atoms with Crippen LogP contribution < -0.4 is 0 Å². The van der Waals surface area contributed by atoms with Gasteiger partial charge in [-0.1, -0.05) is 18.1 Å². The Morgan fingerprint density at radius 3 is 3.06 bits per heavy atom. The lowest BCUT2D eigenvalue weighted by Gasteiger charge is -2.14. The molecule has 0 spiro atoms. The first-order chi connectivity index (χ1) is 8.28. The fourth-order valence-corrected chi connectivity index (χ4v) is 2.21. The molecular weight excluding hydrogens is 214 g/mol. The molecule has 1 aromatic rings. The zero-order valence-corrected chi connectivity index (χ0v) is 10.1. The minimum Gasteiger partial charge on any atom is -0.297 e. The summed E-state index contributed by atoms with van der Waals surface area (Å²) in [6.07, 6.45) is 1.28. The van der Waals surface area contributed by atoms with Crippen LogP contribution in [0.1, 0.15) is 24.7 Å². The van der Waals surface area contributed by atoms with Gasteiger partial charge >= 0.3 is 0 Å². The van der Waals surface area contributed by atoms with Crippen LogP contribution in [0.5, 0.6) is 0 Å². The monoisotopic (exact) mass is 231 g/mol. The normalized spacial score (nSPS) is 20.2. The second kappa shape index (κ2) is 5.66. The van der Waals surface area contributed by atoms with E-state index in [-0.39, 0.29) is 0 Å². The first-order valence-corrected chi connectivity index (χ1v) is 5.96. The molecule has 0 N–H and O–H groups in total. The van der Waals surface area contributed by atoms with E-state index in [9.17, 15) is 0 Å². The molecule has 0 aromatic carbocycles. The first-order valence-electron chi connectivity index (χ1n) is 5.96. The number of aromatic nitrogens is 1. The van der Waals surface area contributed by atoms with Gasteiger partial charge in [-0.15, -0.1) is 0 Å². The third-order valence-corrected chi connectivity index (χ3v) is 3.05. The molecule has 1 aromatic heterocycles. The molecular formula is C12H17N5. The summed E-state index contributed by atoms with van der Waals surface area (Å²) in [7, 11) is 0. The van der Waals surface area contributed by atoms with Gasteiger partial charge in [0.2, 0.25) is 0 Å². The molecule has 1 aliphatic rings. The summed E-state index contributed by atoms with van der Waals surface area (Å²) in [5, 5.41) is 3.53. The Labute approximate surface area is 101 Å². The highest BCUT2D eigenvalue weighted by atomic mass is 15.2. The predicted molar refractivity (Wildman–Crippen MR) is 66.1 cm³/mol. The van der Waals surface area contributed by atoms with Gasteiger partial charge in [0, 0.05) is 23.7 Å². The van der Waals surface area contributed by atoms with Crippen molar-refractivity contribution in [3.05, 3.63) is 40.0 Å². The SMILES string of the molecule is CC1CCN(Cc2cccc(CN=[N+]=[N-])n2)C1. The van der Waals surface area contributed by atoms with E-state index in [0.29, 0.717) is 6.54 Å². The van der Waals surface area contributed by atoms with Gasteiger partial charge < -0.3 is 0 Å². The largest absolute Gasteiger partial charge is 0.297 e. The lowest BCUT2D eigenvalue weighted by molar-refractivity contribution is 0.316. The second-order valence-electron chi connectivity index (χ2n) is 4.64. The summed E-state index contributed by atoms with van der Waals surface area (Å²) in [6, 6.07) is 5.90. The van der Waals surface area contributed by atoms with E-state index in [1.54, 1.807) is 0 Å². The lowest BCUT2D eigenvalue weighted by atomic mass is 10.2. The smallest absolute Gasteiger partial charge is 0.0684 e. The van der Waals surface area contributed by atoms with Crippen LogP contribution in [0.15, 0.2) is 23.3 Å².